The molecule has 76 heavy (non-hydrogen) atoms. The molecule has 1 aromatic carbocycles. The van der Waals surface area contributed by atoms with Gasteiger partial charge in [0.1, 0.15) is 133 Å². The Hall–Kier alpha value is -2.18. The van der Waals surface area contributed by atoms with Gasteiger partial charge in [0.2, 0.25) is 6.29 Å². The number of hydrogen-bond acceptors (Lipinski definition) is 27. The molecule has 7 rings (SSSR count). The maximum Gasteiger partial charge on any atom is 0.229 e. The Morgan fingerprint density at radius 2 is 0.895 bits per heavy atom. The molecule has 0 bridgehead atoms. The van der Waals surface area contributed by atoms with E-state index in [-0.39, 0.29) is 5.75 Å². The van der Waals surface area contributed by atoms with Gasteiger partial charge in [0.25, 0.3) is 0 Å². The molecule has 0 spiro atoms. The van der Waals surface area contributed by atoms with Crippen molar-refractivity contribution < 1.29 is 134 Å². The second kappa shape index (κ2) is 25.7. The highest BCUT2D eigenvalue weighted by atomic mass is 16.8. The average molecular weight is 1100 g/mol. The van der Waals surface area contributed by atoms with Crippen LogP contribution in [0.3, 0.4) is 0 Å². The summed E-state index contributed by atoms with van der Waals surface area (Å²) >= 11 is 0. The molecule has 27 nitrogen and oxygen atoms in total. The molecule has 6 aliphatic rings. The fraction of sp³-hybridized carbons (Fsp3) is 0.878. The number of rotatable bonds is 19. The molecule has 438 valence electrons. The van der Waals surface area contributed by atoms with Crippen LogP contribution in [0.15, 0.2) is 0 Å². The Bertz CT molecular complexity index is 2010. The molecule has 11 unspecified atom stereocenters. The summed E-state index contributed by atoms with van der Waals surface area (Å²) in [5, 5.41) is 172. The summed E-state index contributed by atoms with van der Waals surface area (Å²) in [6.07, 6.45) is -44.0. The van der Waals surface area contributed by atoms with Crippen molar-refractivity contribution in [2.75, 3.05) is 33.0 Å². The lowest BCUT2D eigenvalue weighted by Gasteiger charge is -2.51. The number of aliphatic hydroxyl groups is 16. The quantitative estimate of drug-likeness (QED) is 0.0613. The Kier molecular flexibility index (Phi) is 20.8. The molecule has 6 aliphatic heterocycles. The first-order valence-corrected chi connectivity index (χ1v) is 25.8. The van der Waals surface area contributed by atoms with Gasteiger partial charge < -0.3 is 134 Å². The van der Waals surface area contributed by atoms with Crippen LogP contribution in [0, 0.1) is 26.7 Å². The molecule has 0 saturated carbocycles. The minimum Gasteiger partial charge on any atom is -0.487 e. The lowest BCUT2D eigenvalue weighted by Crippen LogP contribution is -2.69. The topological polar surface area (TPSA) is 425 Å². The molecule has 6 heterocycles. The molecule has 1 aromatic rings. The fourth-order valence-corrected chi connectivity index (χ4v) is 10.6. The summed E-state index contributed by atoms with van der Waals surface area (Å²) in [4.78, 5) is 0. The average Bonchev–Trinajstić information content (AvgIpc) is 3.39. The van der Waals surface area contributed by atoms with Crippen LogP contribution in [-0.4, -0.2) is 274 Å². The van der Waals surface area contributed by atoms with Crippen LogP contribution in [0.25, 0.3) is 0 Å². The van der Waals surface area contributed by atoms with Crippen molar-refractivity contribution in [3.05, 3.63) is 22.3 Å². The Labute approximate surface area is 438 Å². The fourth-order valence-electron chi connectivity index (χ4n) is 10.6. The van der Waals surface area contributed by atoms with Crippen molar-refractivity contribution in [3.8, 4) is 11.5 Å². The molecule has 5 saturated heterocycles. The standard InChI is InChI=1S/C49H80O27/c1-17(2)8-7-10-49(6)11-9-21-20(5)39(18(3)19(4)40(21)76-49)72-48-43(75-47-38(65)34(61)30(57)25(15-53)70-47)42(74-46-37(64)33(60)29(56)24(14-52)69-46)41(73-45-36(63)32(59)28(55)23(13-51)68-45)26(71-48)16-66-44-35(62)31(58)27(54)22(12-50)67-44/h17,22-38,41-48,50-65H,7-16H2,1-6H3/t22?,23?,24?,25?,26?,27-,28-,29-,30-,31+,32+,33+,34+,35?,36?,37?,38?,41-,42+,43?,44-,45+,46+,47+,48+,49?/m1/s1. The number of hydrogen-bond donors (Lipinski definition) is 16. The van der Waals surface area contributed by atoms with Gasteiger partial charge in [0.15, 0.2) is 31.3 Å². The summed E-state index contributed by atoms with van der Waals surface area (Å²) < 4.78 is 68.5. The van der Waals surface area contributed by atoms with Crippen molar-refractivity contribution in [2.24, 2.45) is 5.92 Å². The normalized spacial score (nSPS) is 45.1. The summed E-state index contributed by atoms with van der Waals surface area (Å²) in [6.45, 7) is 7.23. The highest BCUT2D eigenvalue weighted by molar-refractivity contribution is 5.59. The molecular formula is C49H80O27. The second-order valence-electron chi connectivity index (χ2n) is 21.4. The van der Waals surface area contributed by atoms with E-state index in [9.17, 15) is 81.7 Å². The summed E-state index contributed by atoms with van der Waals surface area (Å²) in [7, 11) is 0. The van der Waals surface area contributed by atoms with E-state index in [1.165, 1.54) is 0 Å². The highest BCUT2D eigenvalue weighted by Gasteiger charge is 2.58. The third kappa shape index (κ3) is 12.6. The van der Waals surface area contributed by atoms with E-state index in [1.807, 2.05) is 6.92 Å². The summed E-state index contributed by atoms with van der Waals surface area (Å²) in [6, 6.07) is 0. The Morgan fingerprint density at radius 1 is 0.487 bits per heavy atom. The molecule has 27 heteroatoms. The van der Waals surface area contributed by atoms with Gasteiger partial charge in [-0.2, -0.15) is 0 Å². The zero-order chi connectivity index (χ0) is 55.8. The maximum absolute atomic E-state index is 11.5. The Morgan fingerprint density at radius 3 is 1.34 bits per heavy atom. The van der Waals surface area contributed by atoms with E-state index < -0.39 is 192 Å². The maximum atomic E-state index is 11.5. The van der Waals surface area contributed by atoms with Crippen LogP contribution in [0.1, 0.15) is 68.7 Å². The molecular weight excluding hydrogens is 1020 g/mol. The van der Waals surface area contributed by atoms with Gasteiger partial charge in [0, 0.05) is 5.56 Å². The van der Waals surface area contributed by atoms with Gasteiger partial charge in [-0.05, 0) is 76.0 Å². The summed E-state index contributed by atoms with van der Waals surface area (Å²) in [5.74, 6) is 1.32. The first-order valence-electron chi connectivity index (χ1n) is 25.8. The monoisotopic (exact) mass is 1100 g/mol. The van der Waals surface area contributed by atoms with Crippen LogP contribution in [0.2, 0.25) is 0 Å². The van der Waals surface area contributed by atoms with Gasteiger partial charge >= 0.3 is 0 Å². The van der Waals surface area contributed by atoms with E-state index in [2.05, 4.69) is 20.8 Å². The van der Waals surface area contributed by atoms with Crippen LogP contribution in [-0.2, 0) is 49.1 Å². The molecule has 0 radical (unpaired) electrons. The highest BCUT2D eigenvalue weighted by Crippen LogP contribution is 2.47. The van der Waals surface area contributed by atoms with E-state index in [0.29, 0.717) is 41.2 Å². The Balaban J connectivity index is 1.37. The van der Waals surface area contributed by atoms with Gasteiger partial charge in [-0.15, -0.1) is 0 Å². The molecule has 26 atom stereocenters. The van der Waals surface area contributed by atoms with Gasteiger partial charge in [0.05, 0.1) is 33.0 Å². The molecule has 0 aromatic heterocycles. The van der Waals surface area contributed by atoms with Crippen LogP contribution < -0.4 is 9.47 Å². The summed E-state index contributed by atoms with van der Waals surface area (Å²) in [5.41, 5.74) is 2.05. The third-order valence-corrected chi connectivity index (χ3v) is 15.6. The van der Waals surface area contributed by atoms with Gasteiger partial charge in [-0.1, -0.05) is 20.3 Å². The lowest BCUT2D eigenvalue weighted by molar-refractivity contribution is -0.405. The van der Waals surface area contributed by atoms with E-state index >= 15 is 0 Å². The minimum absolute atomic E-state index is 0.184. The molecule has 16 N–H and O–H groups in total. The second-order valence-corrected chi connectivity index (χ2v) is 21.4. The van der Waals surface area contributed by atoms with Gasteiger partial charge in [-0.25, -0.2) is 0 Å². The number of ether oxygens (including phenoxy) is 11. The van der Waals surface area contributed by atoms with E-state index in [1.54, 1.807) is 13.8 Å². The minimum atomic E-state index is -2.16. The number of benzene rings is 1. The largest absolute Gasteiger partial charge is 0.487 e. The van der Waals surface area contributed by atoms with E-state index in [0.717, 1.165) is 24.8 Å². The number of fused-ring (bicyclic) bond motifs is 1. The van der Waals surface area contributed by atoms with Crippen LogP contribution in [0.5, 0.6) is 11.5 Å². The van der Waals surface area contributed by atoms with Crippen molar-refractivity contribution in [1.82, 2.24) is 0 Å². The lowest BCUT2D eigenvalue weighted by atomic mass is 9.84. The predicted octanol–water partition coefficient (Wildman–Crippen LogP) is -6.00. The van der Waals surface area contributed by atoms with Crippen LogP contribution >= 0.6 is 0 Å². The first-order chi connectivity index (χ1) is 35.9. The van der Waals surface area contributed by atoms with Gasteiger partial charge in [-0.3, -0.25) is 0 Å². The SMILES string of the molecule is Cc1c(C)c2c(c(C)c1O[C@@H]1OC(CO[C@@H]3OC(CO)[C@@H](O)[C@H](O)C3O)[C@@H](O[C@@H]3OC(CO)[C@@H](O)[C@H](O)C3O)[C@H](O[C@@H]3OC(CO)[C@@H](O)[C@H](O)C3O)C1O[C@@H]1OC(CO)[C@@H](O)[C@H](O)C1O)CCC(C)(CCCC(C)C)O2. The smallest absolute Gasteiger partial charge is 0.229 e. The predicted molar refractivity (Wildman–Crippen MR) is 252 cm³/mol. The third-order valence-electron chi connectivity index (χ3n) is 15.6. The van der Waals surface area contributed by atoms with Crippen molar-refractivity contribution in [1.29, 1.82) is 0 Å². The first kappa shape index (κ1) is 61.4. The number of aliphatic hydroxyl groups excluding tert-OH is 16. The molecule has 5 fully saturated rings. The van der Waals surface area contributed by atoms with Crippen molar-refractivity contribution in [3.63, 3.8) is 0 Å². The molecule has 0 amide bonds. The van der Waals surface area contributed by atoms with Crippen molar-refractivity contribution in [2.45, 2.75) is 233 Å². The van der Waals surface area contributed by atoms with Crippen LogP contribution in [0.4, 0.5) is 0 Å². The zero-order valence-electron chi connectivity index (χ0n) is 43.2. The van der Waals surface area contributed by atoms with E-state index in [4.69, 9.17) is 52.1 Å². The zero-order valence-corrected chi connectivity index (χ0v) is 43.2. The molecule has 0 aliphatic carbocycles. The van der Waals surface area contributed by atoms with Crippen molar-refractivity contribution >= 4 is 0 Å².